The van der Waals surface area contributed by atoms with E-state index in [4.69, 9.17) is 11.2 Å². The molecule has 0 aromatic heterocycles. The normalized spacial score (nSPS) is 27.8. The maximum atomic E-state index is 5.20. The quantitative estimate of drug-likeness (QED) is 0.559. The van der Waals surface area contributed by atoms with Crippen LogP contribution in [0.1, 0.15) is 13.3 Å². The van der Waals surface area contributed by atoms with Crippen LogP contribution in [0.4, 0.5) is 0 Å². The molecule has 0 saturated carbocycles. The van der Waals surface area contributed by atoms with Crippen LogP contribution in [0.5, 0.6) is 0 Å². The zero-order valence-electron chi connectivity index (χ0n) is 6.26. The molecule has 1 saturated heterocycles. The van der Waals surface area contributed by atoms with Gasteiger partial charge in [0.25, 0.3) is 0 Å². The Morgan fingerprint density at radius 2 is 2.60 bits per heavy atom. The Bertz CT molecular complexity index is 133. The highest BCUT2D eigenvalue weighted by molar-refractivity contribution is 4.97. The molecule has 1 aliphatic rings. The molecule has 0 spiro atoms. The lowest BCUT2D eigenvalue weighted by atomic mass is 10.2. The van der Waals surface area contributed by atoms with Crippen molar-refractivity contribution in [2.75, 3.05) is 13.2 Å². The van der Waals surface area contributed by atoms with Gasteiger partial charge in [0.05, 0.1) is 12.6 Å². The van der Waals surface area contributed by atoms with E-state index in [0.717, 1.165) is 19.6 Å². The molecule has 56 valence electrons. The van der Waals surface area contributed by atoms with Crippen LogP contribution < -0.4 is 5.32 Å². The van der Waals surface area contributed by atoms with Gasteiger partial charge in [-0.25, -0.2) is 0 Å². The molecule has 0 radical (unpaired) electrons. The summed E-state index contributed by atoms with van der Waals surface area (Å²) in [6.45, 7) is 3.67. The lowest BCUT2D eigenvalue weighted by Gasteiger charge is -2.12. The minimum absolute atomic E-state index is 0.173. The van der Waals surface area contributed by atoms with E-state index in [1.165, 1.54) is 0 Å². The summed E-state index contributed by atoms with van der Waals surface area (Å²) in [5.41, 5.74) is 0. The third-order valence-electron chi connectivity index (χ3n) is 1.67. The third-order valence-corrected chi connectivity index (χ3v) is 1.67. The summed E-state index contributed by atoms with van der Waals surface area (Å²) in [4.78, 5) is 0. The van der Waals surface area contributed by atoms with E-state index in [-0.39, 0.29) is 6.04 Å². The molecular formula is C8H13NO. The Hall–Kier alpha value is -0.520. The second kappa shape index (κ2) is 3.60. The molecular weight excluding hydrogens is 126 g/mol. The summed E-state index contributed by atoms with van der Waals surface area (Å²) in [6.07, 6.45) is 6.29. The molecule has 1 fully saturated rings. The van der Waals surface area contributed by atoms with E-state index < -0.39 is 0 Å². The summed E-state index contributed by atoms with van der Waals surface area (Å²) in [5, 5.41) is 3.27. The predicted octanol–water partition coefficient (Wildman–Crippen LogP) is 0.387. The van der Waals surface area contributed by atoms with Crippen LogP contribution in [-0.2, 0) is 4.74 Å². The number of terminal acetylenes is 1. The second-order valence-corrected chi connectivity index (χ2v) is 2.62. The topological polar surface area (TPSA) is 21.3 Å². The van der Waals surface area contributed by atoms with E-state index >= 15 is 0 Å². The van der Waals surface area contributed by atoms with Gasteiger partial charge in [-0.1, -0.05) is 5.92 Å². The van der Waals surface area contributed by atoms with Gasteiger partial charge in [-0.2, -0.15) is 0 Å². The molecule has 0 aliphatic carbocycles. The van der Waals surface area contributed by atoms with Crippen molar-refractivity contribution in [2.45, 2.75) is 25.4 Å². The zero-order valence-corrected chi connectivity index (χ0v) is 6.26. The van der Waals surface area contributed by atoms with Crippen LogP contribution in [0, 0.1) is 12.3 Å². The van der Waals surface area contributed by atoms with Crippen molar-refractivity contribution in [3.8, 4) is 12.3 Å². The van der Waals surface area contributed by atoms with Crippen LogP contribution in [0.15, 0.2) is 0 Å². The first-order valence-electron chi connectivity index (χ1n) is 3.63. The van der Waals surface area contributed by atoms with Crippen molar-refractivity contribution < 1.29 is 4.74 Å². The van der Waals surface area contributed by atoms with Crippen molar-refractivity contribution in [3.05, 3.63) is 0 Å². The van der Waals surface area contributed by atoms with Crippen LogP contribution >= 0.6 is 0 Å². The Kier molecular flexibility index (Phi) is 2.73. The monoisotopic (exact) mass is 139 g/mol. The van der Waals surface area contributed by atoms with E-state index in [2.05, 4.69) is 11.2 Å². The molecule has 0 amide bonds. The SMILES string of the molecule is C#CC(C)NC1CCOC1. The van der Waals surface area contributed by atoms with Gasteiger partial charge in [0.1, 0.15) is 0 Å². The minimum atomic E-state index is 0.173. The van der Waals surface area contributed by atoms with Gasteiger partial charge in [-0.05, 0) is 13.3 Å². The highest BCUT2D eigenvalue weighted by Gasteiger charge is 2.15. The number of nitrogens with one attached hydrogen (secondary N) is 1. The van der Waals surface area contributed by atoms with Gasteiger partial charge >= 0.3 is 0 Å². The van der Waals surface area contributed by atoms with E-state index in [0.29, 0.717) is 6.04 Å². The lowest BCUT2D eigenvalue weighted by Crippen LogP contribution is -2.35. The van der Waals surface area contributed by atoms with Gasteiger partial charge in [0.15, 0.2) is 0 Å². The fourth-order valence-corrected chi connectivity index (χ4v) is 1.07. The smallest absolute Gasteiger partial charge is 0.0661 e. The standard InChI is InChI=1S/C8H13NO/c1-3-7(2)9-8-4-5-10-6-8/h1,7-9H,4-6H2,2H3. The maximum absolute atomic E-state index is 5.20. The highest BCUT2D eigenvalue weighted by atomic mass is 16.5. The lowest BCUT2D eigenvalue weighted by molar-refractivity contribution is 0.189. The molecule has 1 N–H and O–H groups in total. The molecule has 0 aromatic carbocycles. The van der Waals surface area contributed by atoms with Crippen molar-refractivity contribution in [1.29, 1.82) is 0 Å². The van der Waals surface area contributed by atoms with Gasteiger partial charge < -0.3 is 4.74 Å². The van der Waals surface area contributed by atoms with Gasteiger partial charge in [-0.15, -0.1) is 6.42 Å². The van der Waals surface area contributed by atoms with E-state index in [1.807, 2.05) is 6.92 Å². The number of hydrogen-bond donors (Lipinski definition) is 1. The number of rotatable bonds is 2. The molecule has 1 aliphatic heterocycles. The molecule has 2 atom stereocenters. The summed E-state index contributed by atoms with van der Waals surface area (Å²) < 4.78 is 5.17. The van der Waals surface area contributed by atoms with Gasteiger partial charge in [0, 0.05) is 12.6 Å². The van der Waals surface area contributed by atoms with Gasteiger partial charge in [0.2, 0.25) is 0 Å². The van der Waals surface area contributed by atoms with Gasteiger partial charge in [-0.3, -0.25) is 5.32 Å². The maximum Gasteiger partial charge on any atom is 0.0661 e. The fourth-order valence-electron chi connectivity index (χ4n) is 1.07. The van der Waals surface area contributed by atoms with E-state index in [1.54, 1.807) is 0 Å². The number of ether oxygens (including phenoxy) is 1. The first kappa shape index (κ1) is 7.59. The molecule has 2 unspecified atom stereocenters. The molecule has 1 heterocycles. The predicted molar refractivity (Wildman–Crippen MR) is 40.7 cm³/mol. The Morgan fingerprint density at radius 1 is 1.80 bits per heavy atom. The zero-order chi connectivity index (χ0) is 7.40. The third kappa shape index (κ3) is 2.02. The Balaban J connectivity index is 2.19. The Labute approximate surface area is 62.0 Å². The second-order valence-electron chi connectivity index (χ2n) is 2.62. The summed E-state index contributed by atoms with van der Waals surface area (Å²) in [6, 6.07) is 0.651. The Morgan fingerprint density at radius 3 is 3.10 bits per heavy atom. The highest BCUT2D eigenvalue weighted by Crippen LogP contribution is 2.03. The fraction of sp³-hybridized carbons (Fsp3) is 0.750. The average molecular weight is 139 g/mol. The van der Waals surface area contributed by atoms with Crippen molar-refractivity contribution in [3.63, 3.8) is 0 Å². The molecule has 2 heteroatoms. The van der Waals surface area contributed by atoms with Crippen molar-refractivity contribution >= 4 is 0 Å². The molecule has 0 bridgehead atoms. The average Bonchev–Trinajstić information content (AvgIpc) is 2.40. The first-order chi connectivity index (χ1) is 4.83. The molecule has 2 nitrogen and oxygen atoms in total. The van der Waals surface area contributed by atoms with Crippen molar-refractivity contribution in [2.24, 2.45) is 0 Å². The van der Waals surface area contributed by atoms with E-state index in [9.17, 15) is 0 Å². The summed E-state index contributed by atoms with van der Waals surface area (Å²) >= 11 is 0. The van der Waals surface area contributed by atoms with Crippen molar-refractivity contribution in [1.82, 2.24) is 5.32 Å². The molecule has 0 aromatic rings. The molecule has 1 rings (SSSR count). The van der Waals surface area contributed by atoms with Crippen LogP contribution in [-0.4, -0.2) is 25.3 Å². The summed E-state index contributed by atoms with van der Waals surface area (Å²) in [5.74, 6) is 2.63. The van der Waals surface area contributed by atoms with Crippen LogP contribution in [0.3, 0.4) is 0 Å². The number of hydrogen-bond acceptors (Lipinski definition) is 2. The molecule has 10 heavy (non-hydrogen) atoms. The van der Waals surface area contributed by atoms with Crippen LogP contribution in [0.2, 0.25) is 0 Å². The minimum Gasteiger partial charge on any atom is -0.380 e. The largest absolute Gasteiger partial charge is 0.380 e. The first-order valence-corrected chi connectivity index (χ1v) is 3.63. The van der Waals surface area contributed by atoms with Crippen LogP contribution in [0.25, 0.3) is 0 Å². The summed E-state index contributed by atoms with van der Waals surface area (Å²) in [7, 11) is 0.